The predicted molar refractivity (Wildman–Crippen MR) is 55.1 cm³/mol. The highest BCUT2D eigenvalue weighted by Crippen LogP contribution is 2.11. The molecule has 0 amide bonds. The van der Waals surface area contributed by atoms with E-state index in [4.69, 9.17) is 4.84 Å². The van der Waals surface area contributed by atoms with Gasteiger partial charge in [-0.1, -0.05) is 39.5 Å². The SMILES string of the molecule is CCCCCCC(CC)ON(C)[O-]. The monoisotopic (exact) mass is 188 g/mol. The summed E-state index contributed by atoms with van der Waals surface area (Å²) in [5.74, 6) is 0. The zero-order valence-electron chi connectivity index (χ0n) is 9.08. The highest BCUT2D eigenvalue weighted by molar-refractivity contribution is 4.55. The van der Waals surface area contributed by atoms with Crippen LogP contribution in [-0.4, -0.2) is 18.4 Å². The van der Waals surface area contributed by atoms with E-state index >= 15 is 0 Å². The zero-order chi connectivity index (χ0) is 10.1. The van der Waals surface area contributed by atoms with E-state index < -0.39 is 0 Å². The average Bonchev–Trinajstić information content (AvgIpc) is 2.09. The van der Waals surface area contributed by atoms with Crippen molar-refractivity contribution in [1.29, 1.82) is 0 Å². The zero-order valence-corrected chi connectivity index (χ0v) is 9.08. The van der Waals surface area contributed by atoms with Crippen LogP contribution in [0.4, 0.5) is 0 Å². The van der Waals surface area contributed by atoms with Gasteiger partial charge in [0, 0.05) is 0 Å². The van der Waals surface area contributed by atoms with E-state index in [2.05, 4.69) is 6.92 Å². The lowest BCUT2D eigenvalue weighted by Crippen LogP contribution is -2.21. The van der Waals surface area contributed by atoms with Gasteiger partial charge in [0.1, 0.15) is 0 Å². The maximum Gasteiger partial charge on any atom is 0.0778 e. The molecule has 0 aliphatic carbocycles. The third-order valence-electron chi connectivity index (χ3n) is 2.13. The Kier molecular flexibility index (Phi) is 8.40. The van der Waals surface area contributed by atoms with Crippen LogP contribution in [-0.2, 0) is 4.84 Å². The molecule has 1 unspecified atom stereocenters. The largest absolute Gasteiger partial charge is 0.762 e. The fourth-order valence-electron chi connectivity index (χ4n) is 1.34. The van der Waals surface area contributed by atoms with Gasteiger partial charge in [-0.15, -0.1) is 0 Å². The summed E-state index contributed by atoms with van der Waals surface area (Å²) in [6, 6.07) is 0. The Labute approximate surface area is 81.6 Å². The summed E-state index contributed by atoms with van der Waals surface area (Å²) in [6.45, 7) is 4.24. The average molecular weight is 188 g/mol. The van der Waals surface area contributed by atoms with E-state index in [0.717, 1.165) is 12.8 Å². The van der Waals surface area contributed by atoms with Gasteiger partial charge < -0.3 is 10.0 Å². The van der Waals surface area contributed by atoms with Gasteiger partial charge in [0.15, 0.2) is 0 Å². The van der Waals surface area contributed by atoms with Crippen molar-refractivity contribution in [2.75, 3.05) is 7.05 Å². The van der Waals surface area contributed by atoms with Crippen LogP contribution < -0.4 is 0 Å². The second-order valence-corrected chi connectivity index (χ2v) is 3.42. The number of hydroxylamine groups is 2. The van der Waals surface area contributed by atoms with E-state index in [1.54, 1.807) is 0 Å². The first-order chi connectivity index (χ1) is 6.20. The molecule has 0 N–H and O–H groups in total. The van der Waals surface area contributed by atoms with Gasteiger partial charge in [-0.25, -0.2) is 0 Å². The Hall–Kier alpha value is -0.120. The van der Waals surface area contributed by atoms with Crippen LogP contribution in [0.25, 0.3) is 0 Å². The van der Waals surface area contributed by atoms with Gasteiger partial charge in [-0.3, -0.25) is 5.23 Å². The predicted octanol–water partition coefficient (Wildman–Crippen LogP) is 3.10. The quantitative estimate of drug-likeness (QED) is 0.433. The van der Waals surface area contributed by atoms with Crippen LogP contribution in [0.2, 0.25) is 0 Å². The van der Waals surface area contributed by atoms with Crippen molar-refractivity contribution < 1.29 is 4.84 Å². The van der Waals surface area contributed by atoms with Gasteiger partial charge in [-0.2, -0.15) is 0 Å². The molecule has 3 heteroatoms. The molecule has 1 atom stereocenters. The first-order valence-corrected chi connectivity index (χ1v) is 5.28. The highest BCUT2D eigenvalue weighted by atomic mass is 16.9. The molecule has 0 saturated carbocycles. The van der Waals surface area contributed by atoms with Gasteiger partial charge in [0.25, 0.3) is 0 Å². The van der Waals surface area contributed by atoms with Crippen LogP contribution >= 0.6 is 0 Å². The number of hydrogen-bond donors (Lipinski definition) is 0. The maximum atomic E-state index is 10.6. The molecule has 13 heavy (non-hydrogen) atoms. The van der Waals surface area contributed by atoms with E-state index in [9.17, 15) is 5.21 Å². The van der Waals surface area contributed by atoms with Crippen molar-refractivity contribution >= 4 is 0 Å². The van der Waals surface area contributed by atoms with Crippen LogP contribution in [0.1, 0.15) is 52.4 Å². The molecular formula is C10H22NO2-. The lowest BCUT2D eigenvalue weighted by atomic mass is 10.1. The summed E-state index contributed by atoms with van der Waals surface area (Å²) < 4.78 is 0. The molecule has 0 aromatic rings. The van der Waals surface area contributed by atoms with Crippen molar-refractivity contribution in [3.05, 3.63) is 5.21 Å². The van der Waals surface area contributed by atoms with E-state index in [1.807, 2.05) is 6.92 Å². The minimum atomic E-state index is 0.111. The number of unbranched alkanes of at least 4 members (excludes halogenated alkanes) is 3. The van der Waals surface area contributed by atoms with Crippen LogP contribution in [0, 0.1) is 5.21 Å². The molecule has 0 aromatic carbocycles. The summed E-state index contributed by atoms with van der Waals surface area (Å²) in [6.07, 6.45) is 6.98. The fraction of sp³-hybridized carbons (Fsp3) is 1.00. The van der Waals surface area contributed by atoms with Crippen molar-refractivity contribution in [2.45, 2.75) is 58.5 Å². The first-order valence-electron chi connectivity index (χ1n) is 5.28. The molecule has 0 saturated heterocycles. The number of rotatable bonds is 8. The van der Waals surface area contributed by atoms with Crippen molar-refractivity contribution in [1.82, 2.24) is 5.23 Å². The summed E-state index contributed by atoms with van der Waals surface area (Å²) in [4.78, 5) is 5.06. The van der Waals surface area contributed by atoms with Crippen molar-refractivity contribution in [3.63, 3.8) is 0 Å². The Morgan fingerprint density at radius 3 is 2.38 bits per heavy atom. The normalized spacial score (nSPS) is 13.6. The topological polar surface area (TPSA) is 35.5 Å². The smallest absolute Gasteiger partial charge is 0.0778 e. The van der Waals surface area contributed by atoms with E-state index in [0.29, 0.717) is 5.23 Å². The Balaban J connectivity index is 3.36. The van der Waals surface area contributed by atoms with Gasteiger partial charge >= 0.3 is 0 Å². The highest BCUT2D eigenvalue weighted by Gasteiger charge is 2.05. The molecule has 0 bridgehead atoms. The fourth-order valence-corrected chi connectivity index (χ4v) is 1.34. The Morgan fingerprint density at radius 1 is 1.23 bits per heavy atom. The minimum Gasteiger partial charge on any atom is -0.762 e. The summed E-state index contributed by atoms with van der Waals surface area (Å²) in [5.41, 5.74) is 0. The van der Waals surface area contributed by atoms with Gasteiger partial charge in [0.2, 0.25) is 0 Å². The maximum absolute atomic E-state index is 10.6. The van der Waals surface area contributed by atoms with E-state index in [-0.39, 0.29) is 6.10 Å². The minimum absolute atomic E-state index is 0.111. The summed E-state index contributed by atoms with van der Waals surface area (Å²) in [7, 11) is 1.40. The van der Waals surface area contributed by atoms with Crippen molar-refractivity contribution in [2.24, 2.45) is 0 Å². The standard InChI is InChI=1S/C10H22NO2/c1-4-6-7-8-9-10(5-2)13-11(3)12/h10H,4-9H2,1-3H3/q-1. The molecule has 0 heterocycles. The van der Waals surface area contributed by atoms with Gasteiger partial charge in [-0.05, 0) is 19.9 Å². The molecular weight excluding hydrogens is 166 g/mol. The second kappa shape index (κ2) is 8.48. The molecule has 0 fully saturated rings. The van der Waals surface area contributed by atoms with Crippen molar-refractivity contribution in [3.8, 4) is 0 Å². The molecule has 0 aliphatic heterocycles. The number of nitrogens with zero attached hydrogens (tertiary/aromatic N) is 1. The van der Waals surface area contributed by atoms with Gasteiger partial charge in [0.05, 0.1) is 6.10 Å². The summed E-state index contributed by atoms with van der Waals surface area (Å²) in [5, 5.41) is 11.2. The lowest BCUT2D eigenvalue weighted by Gasteiger charge is -2.27. The summed E-state index contributed by atoms with van der Waals surface area (Å²) >= 11 is 0. The molecule has 0 aliphatic rings. The van der Waals surface area contributed by atoms with E-state index in [1.165, 1.54) is 32.7 Å². The van der Waals surface area contributed by atoms with Crippen LogP contribution in [0.5, 0.6) is 0 Å². The lowest BCUT2D eigenvalue weighted by molar-refractivity contribution is -0.151. The van der Waals surface area contributed by atoms with Crippen LogP contribution in [0.15, 0.2) is 0 Å². The Morgan fingerprint density at radius 2 is 1.92 bits per heavy atom. The second-order valence-electron chi connectivity index (χ2n) is 3.42. The van der Waals surface area contributed by atoms with Crippen LogP contribution in [0.3, 0.4) is 0 Å². The third kappa shape index (κ3) is 8.22. The molecule has 0 spiro atoms. The molecule has 0 aromatic heterocycles. The molecule has 3 nitrogen and oxygen atoms in total. The molecule has 0 rings (SSSR count). The molecule has 0 radical (unpaired) electrons. The third-order valence-corrected chi connectivity index (χ3v) is 2.13. The molecule has 80 valence electrons. The first kappa shape index (κ1) is 12.9. The Bertz CT molecular complexity index is 107. The number of hydrogen-bond acceptors (Lipinski definition) is 3.